The lowest BCUT2D eigenvalue weighted by atomic mass is 10.1. The van der Waals surface area contributed by atoms with Crippen LogP contribution in [0.25, 0.3) is 0 Å². The number of unbranched alkanes of at least 4 members (excludes halogenated alkanes) is 1. The van der Waals surface area contributed by atoms with E-state index >= 15 is 0 Å². The Kier molecular flexibility index (Phi) is 10.0. The predicted octanol–water partition coefficient (Wildman–Crippen LogP) is 1.36. The maximum absolute atomic E-state index is 10.4. The number of aliphatic carboxylic acids is 3. The van der Waals surface area contributed by atoms with Crippen molar-refractivity contribution in [3.8, 4) is 0 Å². The molecular formula is C15H21NO6. The standard InChI is InChI=1S/C9H11NO2.C6H10O4/c10-8(9(11)12)6-7-4-2-1-3-5-7;7-5(8)3-1-2-4-6(9)10/h1-5,8H,6,10H2,(H,11,12);1-4H2,(H,7,8)(H,9,10). The molecule has 0 spiro atoms. The lowest BCUT2D eigenvalue weighted by molar-refractivity contribution is -0.139. The number of hydrogen-bond donors (Lipinski definition) is 4. The van der Waals surface area contributed by atoms with Crippen LogP contribution in [-0.2, 0) is 20.8 Å². The highest BCUT2D eigenvalue weighted by Crippen LogP contribution is 2.01. The van der Waals surface area contributed by atoms with Crippen LogP contribution in [0.4, 0.5) is 0 Å². The van der Waals surface area contributed by atoms with E-state index in [9.17, 15) is 14.4 Å². The molecule has 5 N–H and O–H groups in total. The first-order chi connectivity index (χ1) is 10.3. The van der Waals surface area contributed by atoms with Crippen molar-refractivity contribution in [2.75, 3.05) is 0 Å². The SMILES string of the molecule is NC(Cc1ccccc1)C(=O)O.O=C(O)CCCCC(=O)O. The van der Waals surface area contributed by atoms with Crippen LogP contribution in [-0.4, -0.2) is 39.3 Å². The Balaban J connectivity index is 0.000000409. The van der Waals surface area contributed by atoms with Gasteiger partial charge in [-0.3, -0.25) is 14.4 Å². The number of nitrogens with two attached hydrogens (primary N) is 1. The van der Waals surface area contributed by atoms with E-state index < -0.39 is 23.9 Å². The van der Waals surface area contributed by atoms with Crippen molar-refractivity contribution >= 4 is 17.9 Å². The topological polar surface area (TPSA) is 138 Å². The van der Waals surface area contributed by atoms with Gasteiger partial charge in [-0.15, -0.1) is 0 Å². The van der Waals surface area contributed by atoms with Crippen molar-refractivity contribution in [2.45, 2.75) is 38.1 Å². The van der Waals surface area contributed by atoms with Crippen LogP contribution in [0.15, 0.2) is 30.3 Å². The van der Waals surface area contributed by atoms with E-state index in [4.69, 9.17) is 21.1 Å². The van der Waals surface area contributed by atoms with E-state index in [0.29, 0.717) is 19.3 Å². The summed E-state index contributed by atoms with van der Waals surface area (Å²) in [6, 6.07) is 8.54. The maximum atomic E-state index is 10.4. The molecule has 0 aliphatic carbocycles. The summed E-state index contributed by atoms with van der Waals surface area (Å²) < 4.78 is 0. The molecule has 0 aliphatic heterocycles. The Bertz CT molecular complexity index is 458. The van der Waals surface area contributed by atoms with Gasteiger partial charge in [0.25, 0.3) is 0 Å². The van der Waals surface area contributed by atoms with Crippen molar-refractivity contribution in [3.05, 3.63) is 35.9 Å². The first-order valence-electron chi connectivity index (χ1n) is 6.78. The molecule has 0 radical (unpaired) electrons. The molecule has 122 valence electrons. The fourth-order valence-electron chi connectivity index (χ4n) is 1.51. The van der Waals surface area contributed by atoms with E-state index in [1.165, 1.54) is 0 Å². The van der Waals surface area contributed by atoms with Gasteiger partial charge in [0.15, 0.2) is 0 Å². The van der Waals surface area contributed by atoms with Crippen LogP contribution in [0.3, 0.4) is 0 Å². The van der Waals surface area contributed by atoms with Gasteiger partial charge >= 0.3 is 17.9 Å². The van der Waals surface area contributed by atoms with Gasteiger partial charge in [0.1, 0.15) is 6.04 Å². The summed E-state index contributed by atoms with van der Waals surface area (Å²) in [6.45, 7) is 0. The zero-order chi connectivity index (χ0) is 17.0. The number of carbonyl (C=O) groups is 3. The van der Waals surface area contributed by atoms with Crippen LogP contribution >= 0.6 is 0 Å². The average molecular weight is 311 g/mol. The van der Waals surface area contributed by atoms with Gasteiger partial charge in [-0.05, 0) is 24.8 Å². The summed E-state index contributed by atoms with van der Waals surface area (Å²) in [5.41, 5.74) is 6.30. The van der Waals surface area contributed by atoms with Gasteiger partial charge < -0.3 is 21.1 Å². The molecule has 0 heterocycles. The summed E-state index contributed by atoms with van der Waals surface area (Å²) in [4.78, 5) is 30.2. The highest BCUT2D eigenvalue weighted by molar-refractivity contribution is 5.73. The van der Waals surface area contributed by atoms with Crippen LogP contribution < -0.4 is 5.73 Å². The Morgan fingerprint density at radius 3 is 1.73 bits per heavy atom. The molecule has 1 unspecified atom stereocenters. The number of carboxylic acids is 3. The summed E-state index contributed by atoms with van der Waals surface area (Å²) in [5, 5.41) is 24.8. The van der Waals surface area contributed by atoms with Gasteiger partial charge in [0, 0.05) is 12.8 Å². The zero-order valence-corrected chi connectivity index (χ0v) is 12.1. The van der Waals surface area contributed by atoms with Gasteiger partial charge in [-0.1, -0.05) is 30.3 Å². The van der Waals surface area contributed by atoms with E-state index in [1.807, 2.05) is 30.3 Å². The minimum Gasteiger partial charge on any atom is -0.481 e. The third-order valence-electron chi connectivity index (χ3n) is 2.65. The van der Waals surface area contributed by atoms with Crippen molar-refractivity contribution in [1.29, 1.82) is 0 Å². The van der Waals surface area contributed by atoms with Gasteiger partial charge in [-0.25, -0.2) is 0 Å². The second-order valence-electron chi connectivity index (χ2n) is 4.63. The molecule has 0 aliphatic rings. The summed E-state index contributed by atoms with van der Waals surface area (Å²) >= 11 is 0. The second kappa shape index (κ2) is 11.3. The average Bonchev–Trinajstić information content (AvgIpc) is 2.45. The monoisotopic (exact) mass is 311 g/mol. The van der Waals surface area contributed by atoms with Gasteiger partial charge in [0.05, 0.1) is 0 Å². The fraction of sp³-hybridized carbons (Fsp3) is 0.400. The predicted molar refractivity (Wildman–Crippen MR) is 79.5 cm³/mol. The number of rotatable bonds is 8. The molecule has 0 amide bonds. The Morgan fingerprint density at radius 2 is 1.36 bits per heavy atom. The number of carboxylic acid groups (broad SMARTS) is 3. The molecule has 1 aromatic carbocycles. The van der Waals surface area contributed by atoms with Crippen molar-refractivity contribution in [3.63, 3.8) is 0 Å². The van der Waals surface area contributed by atoms with Crippen molar-refractivity contribution in [1.82, 2.24) is 0 Å². The highest BCUT2D eigenvalue weighted by atomic mass is 16.4. The molecule has 7 nitrogen and oxygen atoms in total. The minimum atomic E-state index is -0.959. The minimum absolute atomic E-state index is 0.0628. The first-order valence-corrected chi connectivity index (χ1v) is 6.78. The van der Waals surface area contributed by atoms with Crippen LogP contribution in [0, 0.1) is 0 Å². The van der Waals surface area contributed by atoms with Gasteiger partial charge in [0.2, 0.25) is 0 Å². The Hall–Kier alpha value is -2.41. The molecule has 22 heavy (non-hydrogen) atoms. The van der Waals surface area contributed by atoms with Crippen LogP contribution in [0.5, 0.6) is 0 Å². The maximum Gasteiger partial charge on any atom is 0.320 e. The summed E-state index contributed by atoms with van der Waals surface area (Å²) in [6.07, 6.45) is 1.40. The molecule has 1 rings (SSSR count). The molecule has 0 bridgehead atoms. The molecular weight excluding hydrogens is 290 g/mol. The van der Waals surface area contributed by atoms with Gasteiger partial charge in [-0.2, -0.15) is 0 Å². The smallest absolute Gasteiger partial charge is 0.320 e. The second-order valence-corrected chi connectivity index (χ2v) is 4.63. The lowest BCUT2D eigenvalue weighted by Crippen LogP contribution is -2.32. The Morgan fingerprint density at radius 1 is 0.909 bits per heavy atom. The first kappa shape index (κ1) is 19.6. The molecule has 0 aromatic heterocycles. The molecule has 1 atom stereocenters. The fourth-order valence-corrected chi connectivity index (χ4v) is 1.51. The third-order valence-corrected chi connectivity index (χ3v) is 2.65. The normalized spacial score (nSPS) is 11.0. The molecule has 0 saturated carbocycles. The van der Waals surface area contributed by atoms with Crippen molar-refractivity contribution in [2.24, 2.45) is 5.73 Å². The molecule has 0 saturated heterocycles. The molecule has 7 heteroatoms. The van der Waals surface area contributed by atoms with Crippen LogP contribution in [0.1, 0.15) is 31.2 Å². The summed E-state index contributed by atoms with van der Waals surface area (Å²) in [7, 11) is 0. The third kappa shape index (κ3) is 11.4. The number of benzene rings is 1. The Labute approximate surface area is 128 Å². The lowest BCUT2D eigenvalue weighted by Gasteiger charge is -2.04. The quantitative estimate of drug-likeness (QED) is 0.532. The highest BCUT2D eigenvalue weighted by Gasteiger charge is 2.10. The number of hydrogen-bond acceptors (Lipinski definition) is 4. The van der Waals surface area contributed by atoms with E-state index in [2.05, 4.69) is 0 Å². The van der Waals surface area contributed by atoms with E-state index in [1.54, 1.807) is 0 Å². The van der Waals surface area contributed by atoms with E-state index in [-0.39, 0.29) is 12.8 Å². The zero-order valence-electron chi connectivity index (χ0n) is 12.1. The van der Waals surface area contributed by atoms with E-state index in [0.717, 1.165) is 5.56 Å². The molecule has 0 fully saturated rings. The summed E-state index contributed by atoms with van der Waals surface area (Å²) in [5.74, 6) is -2.70. The van der Waals surface area contributed by atoms with Crippen molar-refractivity contribution < 1.29 is 29.7 Å². The van der Waals surface area contributed by atoms with Crippen LogP contribution in [0.2, 0.25) is 0 Å². The largest absolute Gasteiger partial charge is 0.481 e. The molecule has 1 aromatic rings.